The monoisotopic (exact) mass is 258 g/mol. The van der Waals surface area contributed by atoms with E-state index in [0.717, 1.165) is 5.69 Å². The molecule has 2 heterocycles. The molecule has 2 aromatic rings. The van der Waals surface area contributed by atoms with Crippen molar-refractivity contribution in [2.45, 2.75) is 6.54 Å². The summed E-state index contributed by atoms with van der Waals surface area (Å²) in [6.07, 6.45) is 4.68. The first kappa shape index (κ1) is 12.9. The van der Waals surface area contributed by atoms with Crippen LogP contribution >= 0.6 is 0 Å². The summed E-state index contributed by atoms with van der Waals surface area (Å²) in [5, 5.41) is 0. The highest BCUT2D eigenvalue weighted by Crippen LogP contribution is 2.10. The molecular weight excluding hydrogens is 244 g/mol. The topological polar surface area (TPSA) is 68.2 Å². The smallest absolute Gasteiger partial charge is 0.358 e. The Labute approximate surface area is 111 Å². The molecule has 0 spiro atoms. The molecule has 0 amide bonds. The van der Waals surface area contributed by atoms with E-state index in [1.165, 1.54) is 19.5 Å². The van der Waals surface area contributed by atoms with Crippen LogP contribution in [0.3, 0.4) is 0 Å². The molecule has 0 atom stereocenters. The van der Waals surface area contributed by atoms with E-state index in [2.05, 4.69) is 19.7 Å². The van der Waals surface area contributed by atoms with Crippen molar-refractivity contribution in [3.05, 3.63) is 48.2 Å². The first-order valence-corrected chi connectivity index (χ1v) is 5.72. The lowest BCUT2D eigenvalue weighted by Gasteiger charge is -2.17. The van der Waals surface area contributed by atoms with Gasteiger partial charge in [-0.1, -0.05) is 6.07 Å². The molecule has 98 valence electrons. The minimum absolute atomic E-state index is 0.192. The highest BCUT2D eigenvalue weighted by molar-refractivity contribution is 5.86. The van der Waals surface area contributed by atoms with Gasteiger partial charge < -0.3 is 9.64 Å². The molecule has 0 unspecified atom stereocenters. The predicted octanol–water partition coefficient (Wildman–Crippen LogP) is 1.29. The number of ether oxygens (including phenoxy) is 1. The summed E-state index contributed by atoms with van der Waals surface area (Å²) in [4.78, 5) is 25.6. The molecule has 0 aliphatic rings. The Hall–Kier alpha value is -2.50. The van der Waals surface area contributed by atoms with Crippen LogP contribution in [0, 0.1) is 0 Å². The fraction of sp³-hybridized carbons (Fsp3) is 0.231. The third-order valence-corrected chi connectivity index (χ3v) is 2.55. The fourth-order valence-corrected chi connectivity index (χ4v) is 1.54. The van der Waals surface area contributed by atoms with Crippen LogP contribution in [0.1, 0.15) is 16.2 Å². The van der Waals surface area contributed by atoms with Crippen LogP contribution in [0.25, 0.3) is 0 Å². The summed E-state index contributed by atoms with van der Waals surface area (Å²) >= 11 is 0. The van der Waals surface area contributed by atoms with Gasteiger partial charge in [0.15, 0.2) is 5.69 Å². The molecule has 2 rings (SSSR count). The van der Waals surface area contributed by atoms with Crippen molar-refractivity contribution in [2.24, 2.45) is 0 Å². The van der Waals surface area contributed by atoms with Crippen LogP contribution in [0.2, 0.25) is 0 Å². The summed E-state index contributed by atoms with van der Waals surface area (Å²) in [6.45, 7) is 0.618. The number of esters is 1. The van der Waals surface area contributed by atoms with Crippen molar-refractivity contribution in [1.29, 1.82) is 0 Å². The minimum Gasteiger partial charge on any atom is -0.464 e. The van der Waals surface area contributed by atoms with E-state index in [1.807, 2.05) is 30.1 Å². The molecule has 0 saturated heterocycles. The zero-order valence-corrected chi connectivity index (χ0v) is 10.8. The lowest BCUT2D eigenvalue weighted by Crippen LogP contribution is -2.19. The van der Waals surface area contributed by atoms with Crippen LogP contribution in [-0.2, 0) is 11.3 Å². The molecule has 0 aliphatic heterocycles. The van der Waals surface area contributed by atoms with E-state index in [0.29, 0.717) is 12.4 Å². The second-order valence-electron chi connectivity index (χ2n) is 3.93. The van der Waals surface area contributed by atoms with Crippen molar-refractivity contribution in [3.8, 4) is 0 Å². The molecule has 0 fully saturated rings. The van der Waals surface area contributed by atoms with Gasteiger partial charge in [0.2, 0.25) is 0 Å². The van der Waals surface area contributed by atoms with Gasteiger partial charge in [-0.25, -0.2) is 14.8 Å². The molecule has 0 aromatic carbocycles. The summed E-state index contributed by atoms with van der Waals surface area (Å²) in [5.74, 6) is 0.171. The van der Waals surface area contributed by atoms with Gasteiger partial charge in [0.05, 0.1) is 31.7 Å². The van der Waals surface area contributed by atoms with Crippen molar-refractivity contribution < 1.29 is 9.53 Å². The average molecular weight is 258 g/mol. The zero-order chi connectivity index (χ0) is 13.7. The van der Waals surface area contributed by atoms with Gasteiger partial charge in [-0.3, -0.25) is 4.98 Å². The maximum Gasteiger partial charge on any atom is 0.358 e. The van der Waals surface area contributed by atoms with E-state index in [4.69, 9.17) is 0 Å². The predicted molar refractivity (Wildman–Crippen MR) is 69.7 cm³/mol. The first-order valence-electron chi connectivity index (χ1n) is 5.72. The number of methoxy groups -OCH3 is 1. The summed E-state index contributed by atoms with van der Waals surface area (Å²) in [6, 6.07) is 5.74. The molecule has 6 heteroatoms. The van der Waals surface area contributed by atoms with Gasteiger partial charge in [-0.05, 0) is 12.1 Å². The average Bonchev–Trinajstić information content (AvgIpc) is 2.47. The summed E-state index contributed by atoms with van der Waals surface area (Å²) in [7, 11) is 3.20. The summed E-state index contributed by atoms with van der Waals surface area (Å²) in [5.41, 5.74) is 1.13. The summed E-state index contributed by atoms with van der Waals surface area (Å²) < 4.78 is 4.57. The highest BCUT2D eigenvalue weighted by Gasteiger charge is 2.09. The Morgan fingerprint density at radius 1 is 1.26 bits per heavy atom. The van der Waals surface area contributed by atoms with Gasteiger partial charge in [0.25, 0.3) is 0 Å². The number of rotatable bonds is 4. The third-order valence-electron chi connectivity index (χ3n) is 2.55. The van der Waals surface area contributed by atoms with E-state index in [9.17, 15) is 4.79 Å². The van der Waals surface area contributed by atoms with Crippen LogP contribution in [0.4, 0.5) is 5.82 Å². The minimum atomic E-state index is -0.494. The number of carbonyl (C=O) groups is 1. The molecule has 19 heavy (non-hydrogen) atoms. The Balaban J connectivity index is 2.07. The fourth-order valence-electron chi connectivity index (χ4n) is 1.54. The molecule has 2 aromatic heterocycles. The van der Waals surface area contributed by atoms with Crippen molar-refractivity contribution in [3.63, 3.8) is 0 Å². The molecule has 0 radical (unpaired) electrons. The first-order chi connectivity index (χ1) is 9.20. The van der Waals surface area contributed by atoms with Crippen molar-refractivity contribution in [2.75, 3.05) is 19.1 Å². The number of anilines is 1. The normalized spacial score (nSPS) is 10.0. The maximum absolute atomic E-state index is 11.2. The second-order valence-corrected chi connectivity index (χ2v) is 3.93. The number of nitrogens with zero attached hydrogens (tertiary/aromatic N) is 4. The quantitative estimate of drug-likeness (QED) is 0.770. The van der Waals surface area contributed by atoms with Gasteiger partial charge in [-0.2, -0.15) is 0 Å². The van der Waals surface area contributed by atoms with Gasteiger partial charge >= 0.3 is 5.97 Å². The zero-order valence-electron chi connectivity index (χ0n) is 10.8. The Morgan fingerprint density at radius 3 is 2.68 bits per heavy atom. The highest BCUT2D eigenvalue weighted by atomic mass is 16.5. The van der Waals surface area contributed by atoms with Gasteiger partial charge in [-0.15, -0.1) is 0 Å². The molecule has 0 saturated carbocycles. The number of aromatic nitrogens is 3. The number of hydrogen-bond donors (Lipinski definition) is 0. The Bertz CT molecular complexity index is 542. The van der Waals surface area contributed by atoms with Crippen molar-refractivity contribution >= 4 is 11.8 Å². The number of hydrogen-bond acceptors (Lipinski definition) is 6. The van der Waals surface area contributed by atoms with Crippen LogP contribution in [0.15, 0.2) is 36.8 Å². The molecule has 6 nitrogen and oxygen atoms in total. The second kappa shape index (κ2) is 5.90. The van der Waals surface area contributed by atoms with E-state index in [-0.39, 0.29) is 5.69 Å². The lowest BCUT2D eigenvalue weighted by molar-refractivity contribution is 0.0593. The molecular formula is C13H14N4O2. The van der Waals surface area contributed by atoms with Crippen molar-refractivity contribution in [1.82, 2.24) is 15.0 Å². The van der Waals surface area contributed by atoms with E-state index in [1.54, 1.807) is 6.20 Å². The third kappa shape index (κ3) is 3.25. The molecule has 0 N–H and O–H groups in total. The van der Waals surface area contributed by atoms with E-state index >= 15 is 0 Å². The Kier molecular flexibility index (Phi) is 4.02. The molecule has 0 aliphatic carbocycles. The van der Waals surface area contributed by atoms with Gasteiger partial charge in [0.1, 0.15) is 5.82 Å². The lowest BCUT2D eigenvalue weighted by atomic mass is 10.3. The number of pyridine rings is 1. The van der Waals surface area contributed by atoms with Gasteiger partial charge in [0, 0.05) is 13.2 Å². The Morgan fingerprint density at radius 2 is 2.11 bits per heavy atom. The largest absolute Gasteiger partial charge is 0.464 e. The number of carbonyl (C=O) groups excluding carboxylic acids is 1. The maximum atomic E-state index is 11.2. The van der Waals surface area contributed by atoms with Crippen LogP contribution in [0.5, 0.6) is 0 Å². The standard InChI is InChI=1S/C13H14N4O2/c1-17(9-10-5-3-4-6-14-10)12-8-15-11(7-16-12)13(18)19-2/h3-8H,9H2,1-2H3. The SMILES string of the molecule is COC(=O)c1cnc(N(C)Cc2ccccn2)cn1. The van der Waals surface area contributed by atoms with Crippen LogP contribution in [-0.4, -0.2) is 35.1 Å². The van der Waals surface area contributed by atoms with E-state index < -0.39 is 5.97 Å². The van der Waals surface area contributed by atoms with Crippen LogP contribution < -0.4 is 4.90 Å². The molecule has 0 bridgehead atoms.